The lowest BCUT2D eigenvalue weighted by molar-refractivity contribution is -0.119. The fraction of sp³-hybridized carbons (Fsp3) is 0.125. The van der Waals surface area contributed by atoms with Crippen molar-refractivity contribution in [1.29, 1.82) is 0 Å². The zero-order chi connectivity index (χ0) is 19.3. The molecule has 1 amide bonds. The van der Waals surface area contributed by atoms with E-state index in [1.54, 1.807) is 0 Å². The van der Waals surface area contributed by atoms with Crippen LogP contribution in [0.1, 0.15) is 10.4 Å². The van der Waals surface area contributed by atoms with Crippen LogP contribution in [-0.2, 0) is 19.4 Å². The highest BCUT2D eigenvalue weighted by Crippen LogP contribution is 2.19. The van der Waals surface area contributed by atoms with Gasteiger partial charge in [0.25, 0.3) is 5.91 Å². The summed E-state index contributed by atoms with van der Waals surface area (Å²) >= 11 is 0. The van der Waals surface area contributed by atoms with E-state index in [0.717, 1.165) is 30.3 Å². The summed E-state index contributed by atoms with van der Waals surface area (Å²) in [6.45, 7) is -0.674. The van der Waals surface area contributed by atoms with E-state index < -0.39 is 44.8 Å². The molecule has 0 heterocycles. The Bertz CT molecular complexity index is 914. The third-order valence-electron chi connectivity index (χ3n) is 3.10. The Hall–Kier alpha value is -2.88. The summed E-state index contributed by atoms with van der Waals surface area (Å²) in [4.78, 5) is 22.8. The van der Waals surface area contributed by atoms with Crippen molar-refractivity contribution in [2.45, 2.75) is 10.7 Å². The fourth-order valence-electron chi connectivity index (χ4n) is 1.86. The molecule has 0 fully saturated rings. The Morgan fingerprint density at radius 1 is 1.08 bits per heavy atom. The minimum Gasteiger partial charge on any atom is -0.452 e. The maximum Gasteiger partial charge on any atom is 0.341 e. The van der Waals surface area contributed by atoms with Crippen LogP contribution in [0.15, 0.2) is 53.4 Å². The molecule has 0 aliphatic carbocycles. The van der Waals surface area contributed by atoms with Crippen LogP contribution in [0.2, 0.25) is 0 Å². The van der Waals surface area contributed by atoms with Gasteiger partial charge in [-0.3, -0.25) is 4.79 Å². The van der Waals surface area contributed by atoms with Gasteiger partial charge >= 0.3 is 11.7 Å². The van der Waals surface area contributed by atoms with Crippen molar-refractivity contribution < 1.29 is 35.9 Å². The lowest BCUT2D eigenvalue weighted by Gasteiger charge is -2.07. The number of anilines is 1. The van der Waals surface area contributed by atoms with Gasteiger partial charge in [0.05, 0.1) is 10.5 Å². The van der Waals surface area contributed by atoms with Gasteiger partial charge in [-0.25, -0.2) is 17.6 Å². The molecule has 0 radical (unpaired) electrons. The summed E-state index contributed by atoms with van der Waals surface area (Å²) in [6, 6.07) is 8.73. The van der Waals surface area contributed by atoms with Crippen LogP contribution in [-0.4, -0.2) is 32.7 Å². The van der Waals surface area contributed by atoms with Crippen LogP contribution in [0.5, 0.6) is 0 Å². The number of hydrogen-bond donors (Lipinski definition) is 1. The molecule has 0 saturated heterocycles. The number of halogens is 3. The number of carbonyl (C=O) groups excluding carboxylic acids is 2. The smallest absolute Gasteiger partial charge is 0.341 e. The largest absolute Gasteiger partial charge is 0.452 e. The molecule has 138 valence electrons. The number of amides is 1. The second-order valence-electron chi connectivity index (χ2n) is 4.96. The van der Waals surface area contributed by atoms with E-state index in [0.29, 0.717) is 0 Å². The van der Waals surface area contributed by atoms with Gasteiger partial charge in [-0.15, -0.1) is 0 Å². The second kappa shape index (κ2) is 8.00. The van der Waals surface area contributed by atoms with Gasteiger partial charge in [-0.2, -0.15) is 8.78 Å². The first kappa shape index (κ1) is 19.4. The van der Waals surface area contributed by atoms with Crippen molar-refractivity contribution in [2.24, 2.45) is 0 Å². The van der Waals surface area contributed by atoms with E-state index in [1.807, 2.05) is 0 Å². The molecule has 6 nitrogen and oxygen atoms in total. The molecule has 0 aliphatic heterocycles. The first-order chi connectivity index (χ1) is 12.2. The van der Waals surface area contributed by atoms with Crippen molar-refractivity contribution in [3.63, 3.8) is 0 Å². The quantitative estimate of drug-likeness (QED) is 0.770. The molecule has 0 saturated carbocycles. The van der Waals surface area contributed by atoms with Crippen LogP contribution in [0.4, 0.5) is 18.9 Å². The Labute approximate surface area is 146 Å². The average molecular weight is 387 g/mol. The maximum atomic E-state index is 13.0. The molecule has 0 unspecified atom stereocenters. The minimum atomic E-state index is -4.76. The van der Waals surface area contributed by atoms with Gasteiger partial charge in [0, 0.05) is 5.69 Å². The van der Waals surface area contributed by atoms with E-state index in [1.165, 1.54) is 18.2 Å². The molecule has 0 aliphatic rings. The van der Waals surface area contributed by atoms with E-state index in [9.17, 15) is 31.2 Å². The van der Waals surface area contributed by atoms with Crippen molar-refractivity contribution >= 4 is 27.4 Å². The van der Waals surface area contributed by atoms with Gasteiger partial charge in [0.2, 0.25) is 9.84 Å². The Kier molecular flexibility index (Phi) is 5.98. The van der Waals surface area contributed by atoms with Crippen LogP contribution in [0, 0.1) is 5.82 Å². The SMILES string of the molecule is O=C(COC(=O)c1ccc(S(=O)(=O)C(F)F)cc1)Nc1cccc(F)c1. The molecule has 1 N–H and O–H groups in total. The highest BCUT2D eigenvalue weighted by Gasteiger charge is 2.26. The molecular formula is C16H12F3NO5S. The predicted molar refractivity (Wildman–Crippen MR) is 84.9 cm³/mol. The second-order valence-corrected chi connectivity index (χ2v) is 6.88. The van der Waals surface area contributed by atoms with Gasteiger partial charge in [-0.05, 0) is 42.5 Å². The van der Waals surface area contributed by atoms with Gasteiger partial charge in [-0.1, -0.05) is 6.07 Å². The molecule has 2 aromatic rings. The van der Waals surface area contributed by atoms with Gasteiger partial charge in [0.15, 0.2) is 6.61 Å². The number of alkyl halides is 2. The van der Waals surface area contributed by atoms with Crippen LogP contribution >= 0.6 is 0 Å². The Balaban J connectivity index is 1.94. The van der Waals surface area contributed by atoms with E-state index in [-0.39, 0.29) is 11.3 Å². The number of ether oxygens (including phenoxy) is 1. The van der Waals surface area contributed by atoms with Gasteiger partial charge in [0.1, 0.15) is 5.82 Å². The number of benzene rings is 2. The molecule has 0 atom stereocenters. The molecular weight excluding hydrogens is 375 g/mol. The summed E-state index contributed by atoms with van der Waals surface area (Å²) in [6.07, 6.45) is 0. The van der Waals surface area contributed by atoms with Crippen molar-refractivity contribution in [1.82, 2.24) is 0 Å². The number of hydrogen-bond acceptors (Lipinski definition) is 5. The van der Waals surface area contributed by atoms with Crippen LogP contribution in [0.3, 0.4) is 0 Å². The third kappa shape index (κ3) is 4.82. The third-order valence-corrected chi connectivity index (χ3v) is 4.49. The zero-order valence-corrected chi connectivity index (χ0v) is 13.8. The van der Waals surface area contributed by atoms with E-state index >= 15 is 0 Å². The van der Waals surface area contributed by atoms with Crippen molar-refractivity contribution in [3.05, 3.63) is 59.9 Å². The summed E-state index contributed by atoms with van der Waals surface area (Å²) in [7, 11) is -4.76. The van der Waals surface area contributed by atoms with Crippen LogP contribution in [0.25, 0.3) is 0 Å². The standard InChI is InChI=1S/C16H12F3NO5S/c17-11-2-1-3-12(8-11)20-14(21)9-25-15(22)10-4-6-13(7-5-10)26(23,24)16(18)19/h1-8,16H,9H2,(H,20,21). The van der Waals surface area contributed by atoms with E-state index in [4.69, 9.17) is 4.74 Å². The topological polar surface area (TPSA) is 89.5 Å². The highest BCUT2D eigenvalue weighted by molar-refractivity contribution is 7.91. The summed E-state index contributed by atoms with van der Waals surface area (Å²) in [5, 5.41) is 2.31. The molecule has 0 spiro atoms. The summed E-state index contributed by atoms with van der Waals surface area (Å²) in [5.74, 6) is -5.81. The van der Waals surface area contributed by atoms with Crippen molar-refractivity contribution in [3.8, 4) is 0 Å². The molecule has 2 rings (SSSR count). The molecule has 0 bridgehead atoms. The molecule has 2 aromatic carbocycles. The number of carbonyl (C=O) groups is 2. The van der Waals surface area contributed by atoms with E-state index in [2.05, 4.69) is 5.32 Å². The monoisotopic (exact) mass is 387 g/mol. The highest BCUT2D eigenvalue weighted by atomic mass is 32.2. The minimum absolute atomic E-state index is 0.128. The number of rotatable bonds is 6. The van der Waals surface area contributed by atoms with Gasteiger partial charge < -0.3 is 10.1 Å². The van der Waals surface area contributed by atoms with Crippen molar-refractivity contribution in [2.75, 3.05) is 11.9 Å². The number of nitrogens with one attached hydrogen (secondary N) is 1. The predicted octanol–water partition coefficient (Wildman–Crippen LogP) is 2.62. The number of esters is 1. The lowest BCUT2D eigenvalue weighted by Crippen LogP contribution is -2.21. The summed E-state index contributed by atoms with van der Waals surface area (Å²) < 4.78 is 65.1. The molecule has 10 heteroatoms. The first-order valence-electron chi connectivity index (χ1n) is 7.05. The fourth-order valence-corrected chi connectivity index (χ4v) is 2.58. The molecule has 26 heavy (non-hydrogen) atoms. The first-order valence-corrected chi connectivity index (χ1v) is 8.59. The zero-order valence-electron chi connectivity index (χ0n) is 13.0. The Morgan fingerprint density at radius 2 is 1.73 bits per heavy atom. The van der Waals surface area contributed by atoms with Crippen LogP contribution < -0.4 is 5.32 Å². The Morgan fingerprint density at radius 3 is 2.31 bits per heavy atom. The normalized spacial score (nSPS) is 11.2. The average Bonchev–Trinajstić information content (AvgIpc) is 2.59. The molecule has 0 aromatic heterocycles. The summed E-state index contributed by atoms with van der Waals surface area (Å²) in [5.41, 5.74) is 0.0457. The lowest BCUT2D eigenvalue weighted by atomic mass is 10.2. The maximum absolute atomic E-state index is 13.0. The number of sulfone groups is 1.